The Morgan fingerprint density at radius 3 is 2.47 bits per heavy atom. The highest BCUT2D eigenvalue weighted by Gasteiger charge is 2.64. The molecular formula is C29H32N6O3. The summed E-state index contributed by atoms with van der Waals surface area (Å²) in [5, 5.41) is 21.9. The van der Waals surface area contributed by atoms with E-state index in [9.17, 15) is 14.9 Å². The SMILES string of the molecule is CC1(C)C(NC(=O)c2ccc(N3CCC(C=O)CC3)nn2)C(C)(C)C1Oc1ccc(C#N)c2ncccc12. The Morgan fingerprint density at radius 1 is 1.11 bits per heavy atom. The van der Waals surface area contributed by atoms with Crippen LogP contribution in [0.2, 0.25) is 0 Å². The number of carbonyl (C=O) groups is 2. The van der Waals surface area contributed by atoms with E-state index in [1.165, 1.54) is 0 Å². The van der Waals surface area contributed by atoms with Crippen molar-refractivity contribution < 1.29 is 14.3 Å². The molecule has 1 aromatic carbocycles. The van der Waals surface area contributed by atoms with Crippen molar-refractivity contribution in [1.82, 2.24) is 20.5 Å². The van der Waals surface area contributed by atoms with Crippen molar-refractivity contribution in [3.8, 4) is 11.8 Å². The predicted octanol–water partition coefficient (Wildman–Crippen LogP) is 3.92. The van der Waals surface area contributed by atoms with Crippen LogP contribution < -0.4 is 15.0 Å². The van der Waals surface area contributed by atoms with Crippen molar-refractivity contribution in [2.24, 2.45) is 16.7 Å². The van der Waals surface area contributed by atoms with E-state index in [1.54, 1.807) is 18.3 Å². The monoisotopic (exact) mass is 512 g/mol. The highest BCUT2D eigenvalue weighted by molar-refractivity contribution is 5.93. The molecule has 0 atom stereocenters. The van der Waals surface area contributed by atoms with Gasteiger partial charge in [-0.05, 0) is 49.2 Å². The summed E-state index contributed by atoms with van der Waals surface area (Å²) in [4.78, 5) is 30.6. The van der Waals surface area contributed by atoms with Crippen LogP contribution in [0.5, 0.6) is 5.75 Å². The number of amides is 1. The van der Waals surface area contributed by atoms with E-state index >= 15 is 0 Å². The van der Waals surface area contributed by atoms with Gasteiger partial charge in [0.25, 0.3) is 5.91 Å². The third-order valence-corrected chi connectivity index (χ3v) is 8.15. The number of hydrogen-bond donors (Lipinski definition) is 1. The second-order valence-corrected chi connectivity index (χ2v) is 11.4. The van der Waals surface area contributed by atoms with Crippen LogP contribution in [0, 0.1) is 28.1 Å². The number of aromatic nitrogens is 3. The summed E-state index contributed by atoms with van der Waals surface area (Å²) in [6.45, 7) is 9.82. The fourth-order valence-corrected chi connectivity index (χ4v) is 6.35. The number of nitriles is 1. The van der Waals surface area contributed by atoms with Crippen LogP contribution in [0.4, 0.5) is 5.82 Å². The summed E-state index contributed by atoms with van der Waals surface area (Å²) in [5.74, 6) is 1.22. The van der Waals surface area contributed by atoms with Gasteiger partial charge in [0.1, 0.15) is 24.2 Å². The maximum atomic E-state index is 13.2. The van der Waals surface area contributed by atoms with E-state index in [4.69, 9.17) is 4.74 Å². The van der Waals surface area contributed by atoms with E-state index < -0.39 is 0 Å². The zero-order valence-corrected chi connectivity index (χ0v) is 22.1. The average Bonchev–Trinajstić information content (AvgIpc) is 2.94. The molecule has 0 bridgehead atoms. The maximum Gasteiger partial charge on any atom is 0.272 e. The molecule has 0 unspecified atom stereocenters. The smallest absolute Gasteiger partial charge is 0.272 e. The van der Waals surface area contributed by atoms with Gasteiger partial charge in [0.05, 0.1) is 11.1 Å². The molecule has 2 fully saturated rings. The van der Waals surface area contributed by atoms with Gasteiger partial charge < -0.3 is 19.7 Å². The topological polar surface area (TPSA) is 121 Å². The fourth-order valence-electron chi connectivity index (χ4n) is 6.35. The molecule has 1 N–H and O–H groups in total. The Kier molecular flexibility index (Phi) is 6.51. The second-order valence-electron chi connectivity index (χ2n) is 11.4. The number of hydrogen-bond acceptors (Lipinski definition) is 8. The molecule has 1 saturated heterocycles. The van der Waals surface area contributed by atoms with E-state index in [0.717, 1.165) is 37.6 Å². The van der Waals surface area contributed by atoms with E-state index in [-0.39, 0.29) is 40.5 Å². The zero-order chi connectivity index (χ0) is 27.1. The van der Waals surface area contributed by atoms with Crippen molar-refractivity contribution in [2.75, 3.05) is 18.0 Å². The Labute approximate surface area is 222 Å². The molecule has 9 heteroatoms. The van der Waals surface area contributed by atoms with Crippen molar-refractivity contribution in [3.05, 3.63) is 53.9 Å². The number of nitrogens with one attached hydrogen (secondary N) is 1. The number of rotatable bonds is 6. The Balaban J connectivity index is 1.28. The molecule has 2 aliphatic rings. The molecule has 1 aliphatic heterocycles. The molecule has 2 aromatic heterocycles. The first-order valence-corrected chi connectivity index (χ1v) is 13.0. The van der Waals surface area contributed by atoms with Crippen LogP contribution in [0.3, 0.4) is 0 Å². The Bertz CT molecular complexity index is 1390. The number of carbonyl (C=O) groups excluding carboxylic acids is 2. The van der Waals surface area contributed by atoms with Gasteiger partial charge in [-0.25, -0.2) is 0 Å². The number of benzene rings is 1. The first kappa shape index (κ1) is 25.6. The Hall–Kier alpha value is -4.06. The lowest BCUT2D eigenvalue weighted by molar-refractivity contribution is -0.163. The van der Waals surface area contributed by atoms with Crippen molar-refractivity contribution in [3.63, 3.8) is 0 Å². The number of pyridine rings is 1. The summed E-state index contributed by atoms with van der Waals surface area (Å²) in [6.07, 6.45) is 4.11. The standard InChI is InChI=1S/C29H32N6O3/c1-28(2)26(32-25(37)21-8-10-23(34-33-21)35-14-11-18(17-36)12-15-35)29(3,4)27(28)38-22-9-7-19(16-30)24-20(22)6-5-13-31-24/h5-10,13,17-18,26-27H,11-12,14-15H2,1-4H3,(H,32,37). The Morgan fingerprint density at radius 2 is 1.84 bits per heavy atom. The summed E-state index contributed by atoms with van der Waals surface area (Å²) >= 11 is 0. The predicted molar refractivity (Wildman–Crippen MR) is 143 cm³/mol. The quantitative estimate of drug-likeness (QED) is 0.493. The molecule has 196 valence electrons. The van der Waals surface area contributed by atoms with Crippen LogP contribution in [0.1, 0.15) is 56.6 Å². The number of nitrogens with zero attached hydrogens (tertiary/aromatic N) is 5. The largest absolute Gasteiger partial charge is 0.488 e. The minimum Gasteiger partial charge on any atom is -0.488 e. The highest BCUT2D eigenvalue weighted by atomic mass is 16.5. The van der Waals surface area contributed by atoms with Gasteiger partial charge in [-0.1, -0.05) is 27.7 Å². The van der Waals surface area contributed by atoms with Gasteiger partial charge in [0.2, 0.25) is 0 Å². The van der Waals surface area contributed by atoms with Crippen LogP contribution in [0.15, 0.2) is 42.6 Å². The van der Waals surface area contributed by atoms with E-state index in [2.05, 4.69) is 59.2 Å². The van der Waals surface area contributed by atoms with E-state index in [1.807, 2.05) is 24.3 Å². The summed E-state index contributed by atoms with van der Waals surface area (Å²) < 4.78 is 6.55. The van der Waals surface area contributed by atoms with Gasteiger partial charge in [-0.15, -0.1) is 10.2 Å². The molecule has 38 heavy (non-hydrogen) atoms. The minimum absolute atomic E-state index is 0.110. The van der Waals surface area contributed by atoms with Gasteiger partial charge in [-0.2, -0.15) is 5.26 Å². The molecule has 9 nitrogen and oxygen atoms in total. The number of ether oxygens (including phenoxy) is 1. The molecule has 1 amide bonds. The molecule has 0 spiro atoms. The molecule has 3 heterocycles. The number of aldehydes is 1. The normalized spacial score (nSPS) is 22.2. The molecule has 0 radical (unpaired) electrons. The number of piperidine rings is 1. The highest BCUT2D eigenvalue weighted by Crippen LogP contribution is 2.56. The van der Waals surface area contributed by atoms with Crippen LogP contribution in [-0.2, 0) is 4.79 Å². The van der Waals surface area contributed by atoms with Crippen molar-refractivity contribution >= 4 is 28.9 Å². The summed E-state index contributed by atoms with van der Waals surface area (Å²) in [6, 6.07) is 12.8. The lowest BCUT2D eigenvalue weighted by Gasteiger charge is -2.63. The van der Waals surface area contributed by atoms with Crippen LogP contribution in [-0.4, -0.2) is 52.6 Å². The third kappa shape index (κ3) is 4.34. The second kappa shape index (κ2) is 9.67. The zero-order valence-electron chi connectivity index (χ0n) is 22.1. The van der Waals surface area contributed by atoms with Crippen molar-refractivity contribution in [1.29, 1.82) is 5.26 Å². The average molecular weight is 513 g/mol. The summed E-state index contributed by atoms with van der Waals surface area (Å²) in [5.41, 5.74) is 0.623. The molecule has 1 aliphatic carbocycles. The van der Waals surface area contributed by atoms with Gasteiger partial charge in [0, 0.05) is 47.5 Å². The molecular weight excluding hydrogens is 480 g/mol. The van der Waals surface area contributed by atoms with E-state index in [0.29, 0.717) is 22.6 Å². The van der Waals surface area contributed by atoms with Crippen LogP contribution >= 0.6 is 0 Å². The lowest BCUT2D eigenvalue weighted by Crippen LogP contribution is -2.74. The van der Waals surface area contributed by atoms with Gasteiger partial charge in [0.15, 0.2) is 11.5 Å². The van der Waals surface area contributed by atoms with Crippen molar-refractivity contribution in [2.45, 2.75) is 52.7 Å². The molecule has 1 saturated carbocycles. The molecule has 3 aromatic rings. The summed E-state index contributed by atoms with van der Waals surface area (Å²) in [7, 11) is 0. The lowest BCUT2D eigenvalue weighted by atomic mass is 9.49. The number of anilines is 1. The number of fused-ring (bicyclic) bond motifs is 1. The minimum atomic E-state index is -0.377. The van der Waals surface area contributed by atoms with Crippen LogP contribution in [0.25, 0.3) is 10.9 Å². The molecule has 5 rings (SSSR count). The first-order chi connectivity index (χ1) is 18.2. The van der Waals surface area contributed by atoms with Gasteiger partial charge >= 0.3 is 0 Å². The first-order valence-electron chi connectivity index (χ1n) is 13.0. The third-order valence-electron chi connectivity index (χ3n) is 8.15. The maximum absolute atomic E-state index is 13.2. The van der Waals surface area contributed by atoms with Gasteiger partial charge in [-0.3, -0.25) is 9.78 Å². The fraction of sp³-hybridized carbons (Fsp3) is 0.448.